The highest BCUT2D eigenvalue weighted by molar-refractivity contribution is 5.81. The average Bonchev–Trinajstić information content (AvgIpc) is 3.12. The van der Waals surface area contributed by atoms with Crippen molar-refractivity contribution in [1.82, 2.24) is 4.90 Å². The van der Waals surface area contributed by atoms with Crippen LogP contribution in [0.2, 0.25) is 0 Å². The number of halogens is 1. The molecule has 0 aromatic heterocycles. The second kappa shape index (κ2) is 4.69. The number of methoxy groups -OCH3 is 1. The van der Waals surface area contributed by atoms with Gasteiger partial charge in [-0.15, -0.1) is 0 Å². The lowest BCUT2D eigenvalue weighted by Gasteiger charge is -2.31. The number of hydrogen-bond donors (Lipinski definition) is 0. The van der Waals surface area contributed by atoms with Crippen molar-refractivity contribution < 1.29 is 13.9 Å². The van der Waals surface area contributed by atoms with Gasteiger partial charge >= 0.3 is 5.97 Å². The van der Waals surface area contributed by atoms with Crippen molar-refractivity contribution in [2.24, 2.45) is 5.41 Å². The molecule has 18 heavy (non-hydrogen) atoms. The van der Waals surface area contributed by atoms with Crippen molar-refractivity contribution in [2.45, 2.75) is 18.9 Å². The van der Waals surface area contributed by atoms with Crippen LogP contribution < -0.4 is 0 Å². The Bertz CT molecular complexity index is 455. The number of rotatable bonds is 4. The van der Waals surface area contributed by atoms with Crippen molar-refractivity contribution in [1.29, 1.82) is 0 Å². The van der Waals surface area contributed by atoms with Crippen LogP contribution >= 0.6 is 0 Å². The Morgan fingerprint density at radius 2 is 2.00 bits per heavy atom. The van der Waals surface area contributed by atoms with Gasteiger partial charge in [0, 0.05) is 5.56 Å². The Balaban J connectivity index is 2.42. The third-order valence-corrected chi connectivity index (χ3v) is 3.62. The Kier molecular flexibility index (Phi) is 3.39. The van der Waals surface area contributed by atoms with E-state index in [2.05, 4.69) is 0 Å². The molecule has 1 aromatic carbocycles. The minimum absolute atomic E-state index is 0.246. The van der Waals surface area contributed by atoms with Crippen LogP contribution in [0.3, 0.4) is 0 Å². The van der Waals surface area contributed by atoms with E-state index in [0.717, 1.165) is 12.8 Å². The number of carbonyl (C=O) groups excluding carboxylic acids is 1. The molecular weight excluding hydrogens is 233 g/mol. The summed E-state index contributed by atoms with van der Waals surface area (Å²) in [5.74, 6) is -0.518. The van der Waals surface area contributed by atoms with Crippen LogP contribution in [0.15, 0.2) is 24.3 Å². The maximum absolute atomic E-state index is 13.9. The summed E-state index contributed by atoms with van der Waals surface area (Å²) in [4.78, 5) is 13.8. The molecule has 1 fully saturated rings. The van der Waals surface area contributed by atoms with E-state index < -0.39 is 5.41 Å². The van der Waals surface area contributed by atoms with E-state index in [1.54, 1.807) is 18.2 Å². The molecule has 0 spiro atoms. The summed E-state index contributed by atoms with van der Waals surface area (Å²) in [6, 6.07) is 6.35. The first kappa shape index (κ1) is 13.0. The Morgan fingerprint density at radius 3 is 2.44 bits per heavy atom. The predicted octanol–water partition coefficient (Wildman–Crippen LogP) is 2.38. The van der Waals surface area contributed by atoms with Crippen molar-refractivity contribution in [2.75, 3.05) is 21.2 Å². The minimum Gasteiger partial charge on any atom is -0.469 e. The molecule has 0 amide bonds. The van der Waals surface area contributed by atoms with Crippen LogP contribution in [-0.2, 0) is 9.53 Å². The summed E-state index contributed by atoms with van der Waals surface area (Å²) in [6.07, 6.45) is 1.49. The van der Waals surface area contributed by atoms with Gasteiger partial charge in [-0.05, 0) is 33.0 Å². The van der Waals surface area contributed by atoms with E-state index >= 15 is 0 Å². The number of ether oxygens (including phenoxy) is 1. The van der Waals surface area contributed by atoms with Gasteiger partial charge in [0.15, 0.2) is 0 Å². The van der Waals surface area contributed by atoms with E-state index in [0.29, 0.717) is 5.56 Å². The summed E-state index contributed by atoms with van der Waals surface area (Å²) >= 11 is 0. The van der Waals surface area contributed by atoms with E-state index in [1.165, 1.54) is 13.2 Å². The van der Waals surface area contributed by atoms with Gasteiger partial charge in [-0.3, -0.25) is 4.79 Å². The quantitative estimate of drug-likeness (QED) is 0.769. The fourth-order valence-electron chi connectivity index (χ4n) is 2.69. The highest BCUT2D eigenvalue weighted by atomic mass is 19.1. The normalized spacial score (nSPS) is 18.5. The van der Waals surface area contributed by atoms with Crippen LogP contribution in [0.1, 0.15) is 24.4 Å². The van der Waals surface area contributed by atoms with E-state index in [4.69, 9.17) is 4.74 Å². The maximum Gasteiger partial charge on any atom is 0.313 e. The molecule has 1 atom stereocenters. The van der Waals surface area contributed by atoms with Gasteiger partial charge in [0.1, 0.15) is 5.82 Å². The second-order valence-electron chi connectivity index (χ2n) is 5.04. The lowest BCUT2D eigenvalue weighted by molar-refractivity contribution is -0.150. The molecule has 1 aliphatic carbocycles. The molecule has 0 aliphatic heterocycles. The third-order valence-electron chi connectivity index (χ3n) is 3.62. The first-order valence-corrected chi connectivity index (χ1v) is 6.02. The molecule has 2 rings (SSSR count). The number of carbonyl (C=O) groups is 1. The standard InChI is InChI=1S/C14H18FNO2/c1-16(2)12(10-6-4-5-7-11(10)15)14(8-9-14)13(17)18-3/h4-7,12H,8-9H2,1-3H3. The third kappa shape index (κ3) is 2.01. The molecule has 1 aliphatic rings. The zero-order valence-corrected chi connectivity index (χ0v) is 10.9. The van der Waals surface area contributed by atoms with Crippen LogP contribution in [0.4, 0.5) is 4.39 Å². The molecule has 0 heterocycles. The molecule has 1 saturated carbocycles. The van der Waals surface area contributed by atoms with Crippen molar-refractivity contribution in [3.8, 4) is 0 Å². The Labute approximate surface area is 107 Å². The lowest BCUT2D eigenvalue weighted by Crippen LogP contribution is -2.35. The average molecular weight is 251 g/mol. The van der Waals surface area contributed by atoms with Crippen molar-refractivity contribution in [3.63, 3.8) is 0 Å². The molecular formula is C14H18FNO2. The highest BCUT2D eigenvalue weighted by Crippen LogP contribution is 2.57. The zero-order valence-electron chi connectivity index (χ0n) is 10.9. The fraction of sp³-hybridized carbons (Fsp3) is 0.500. The second-order valence-corrected chi connectivity index (χ2v) is 5.04. The van der Waals surface area contributed by atoms with Crippen LogP contribution in [-0.4, -0.2) is 32.1 Å². The maximum atomic E-state index is 13.9. The van der Waals surface area contributed by atoms with Gasteiger partial charge in [-0.25, -0.2) is 4.39 Å². The predicted molar refractivity (Wildman–Crippen MR) is 66.5 cm³/mol. The minimum atomic E-state index is -0.583. The summed E-state index contributed by atoms with van der Waals surface area (Å²) in [5.41, 5.74) is -0.0223. The van der Waals surface area contributed by atoms with Gasteiger partial charge < -0.3 is 9.64 Å². The number of nitrogens with zero attached hydrogens (tertiary/aromatic N) is 1. The molecule has 1 aromatic rings. The van der Waals surface area contributed by atoms with Gasteiger partial charge in [0.05, 0.1) is 18.6 Å². The van der Waals surface area contributed by atoms with Crippen molar-refractivity contribution >= 4 is 5.97 Å². The van der Waals surface area contributed by atoms with Crippen LogP contribution in [0.5, 0.6) is 0 Å². The van der Waals surface area contributed by atoms with Crippen LogP contribution in [0, 0.1) is 11.2 Å². The van der Waals surface area contributed by atoms with E-state index in [-0.39, 0.29) is 17.8 Å². The molecule has 0 radical (unpaired) electrons. The van der Waals surface area contributed by atoms with E-state index in [9.17, 15) is 9.18 Å². The smallest absolute Gasteiger partial charge is 0.313 e. The summed E-state index contributed by atoms with van der Waals surface area (Å²) < 4.78 is 18.8. The SMILES string of the molecule is COC(=O)C1(C(c2ccccc2F)N(C)C)CC1. The number of esters is 1. The molecule has 0 N–H and O–H groups in total. The summed E-state index contributed by atoms with van der Waals surface area (Å²) in [6.45, 7) is 0. The van der Waals surface area contributed by atoms with Gasteiger partial charge in [0.25, 0.3) is 0 Å². The van der Waals surface area contributed by atoms with Gasteiger partial charge in [-0.1, -0.05) is 18.2 Å². The molecule has 98 valence electrons. The fourth-order valence-corrected chi connectivity index (χ4v) is 2.69. The largest absolute Gasteiger partial charge is 0.469 e. The number of benzene rings is 1. The molecule has 0 bridgehead atoms. The Morgan fingerprint density at radius 1 is 1.39 bits per heavy atom. The monoisotopic (exact) mass is 251 g/mol. The highest BCUT2D eigenvalue weighted by Gasteiger charge is 2.58. The lowest BCUT2D eigenvalue weighted by atomic mass is 9.88. The Hall–Kier alpha value is -1.42. The first-order valence-electron chi connectivity index (χ1n) is 6.02. The van der Waals surface area contributed by atoms with Crippen molar-refractivity contribution in [3.05, 3.63) is 35.6 Å². The van der Waals surface area contributed by atoms with E-state index in [1.807, 2.05) is 19.0 Å². The summed E-state index contributed by atoms with van der Waals surface area (Å²) in [5, 5.41) is 0. The first-order chi connectivity index (χ1) is 8.53. The molecule has 4 heteroatoms. The number of hydrogen-bond acceptors (Lipinski definition) is 3. The molecule has 1 unspecified atom stereocenters. The summed E-state index contributed by atoms with van der Waals surface area (Å²) in [7, 11) is 5.11. The van der Waals surface area contributed by atoms with Crippen LogP contribution in [0.25, 0.3) is 0 Å². The molecule has 0 saturated heterocycles. The molecule has 3 nitrogen and oxygen atoms in total. The zero-order chi connectivity index (χ0) is 13.3. The topological polar surface area (TPSA) is 29.5 Å². The van der Waals surface area contributed by atoms with Gasteiger partial charge in [-0.2, -0.15) is 0 Å². The van der Waals surface area contributed by atoms with Gasteiger partial charge in [0.2, 0.25) is 0 Å².